The maximum atomic E-state index is 12.6. The number of carbonyl (C=O) groups excluding carboxylic acids is 4. The van der Waals surface area contributed by atoms with Gasteiger partial charge in [0.2, 0.25) is 0 Å². The van der Waals surface area contributed by atoms with Crippen molar-refractivity contribution in [3.8, 4) is 0 Å². The smallest absolute Gasteiger partial charge is 0.339 e. The van der Waals surface area contributed by atoms with Crippen molar-refractivity contribution >= 4 is 23.8 Å². The van der Waals surface area contributed by atoms with Crippen LogP contribution in [0.4, 0.5) is 0 Å². The molecule has 0 fully saturated rings. The molecular formula is C22H29NO6. The molecule has 2 rings (SSSR count). The van der Waals surface area contributed by atoms with Crippen molar-refractivity contribution < 1.29 is 28.7 Å². The standard InChI is InChI=1S/C22H29NO6/c1-3-5-7-9-11-28-21(26)17-13-15-16(20(25)23-19(15)24)14-18(17)22(27)29-12-10-8-6-4-2/h13-14H,3-12H2,1-2H3,(H,23,24,25). The highest BCUT2D eigenvalue weighted by Gasteiger charge is 2.32. The molecule has 0 radical (unpaired) electrons. The molecule has 0 spiro atoms. The number of nitrogens with one attached hydrogen (secondary N) is 1. The first-order valence-electron chi connectivity index (χ1n) is 10.4. The Balaban J connectivity index is 2.15. The topological polar surface area (TPSA) is 98.8 Å². The van der Waals surface area contributed by atoms with E-state index in [1.807, 2.05) is 0 Å². The quantitative estimate of drug-likeness (QED) is 0.321. The molecular weight excluding hydrogens is 374 g/mol. The van der Waals surface area contributed by atoms with Crippen LogP contribution in [0.15, 0.2) is 12.1 Å². The molecule has 1 N–H and O–H groups in total. The molecule has 0 saturated carbocycles. The second kappa shape index (κ2) is 11.3. The number of benzene rings is 1. The lowest BCUT2D eigenvalue weighted by Crippen LogP contribution is -2.19. The number of imide groups is 1. The van der Waals surface area contributed by atoms with E-state index in [1.165, 1.54) is 12.1 Å². The van der Waals surface area contributed by atoms with Gasteiger partial charge in [-0.25, -0.2) is 9.59 Å². The summed E-state index contributed by atoms with van der Waals surface area (Å²) < 4.78 is 10.6. The van der Waals surface area contributed by atoms with Gasteiger partial charge in [0.15, 0.2) is 0 Å². The number of hydrogen-bond acceptors (Lipinski definition) is 6. The minimum absolute atomic E-state index is 0.0531. The number of ether oxygens (including phenoxy) is 2. The molecule has 7 nitrogen and oxygen atoms in total. The molecule has 158 valence electrons. The van der Waals surface area contributed by atoms with Crippen LogP contribution in [0, 0.1) is 0 Å². The van der Waals surface area contributed by atoms with Crippen molar-refractivity contribution in [2.45, 2.75) is 65.2 Å². The first kappa shape index (κ1) is 22.6. The molecule has 1 aromatic rings. The van der Waals surface area contributed by atoms with Gasteiger partial charge in [-0.05, 0) is 25.0 Å². The van der Waals surface area contributed by atoms with Crippen molar-refractivity contribution in [2.75, 3.05) is 13.2 Å². The van der Waals surface area contributed by atoms with Gasteiger partial charge < -0.3 is 9.47 Å². The normalized spacial score (nSPS) is 12.5. The fourth-order valence-electron chi connectivity index (χ4n) is 3.09. The van der Waals surface area contributed by atoms with Crippen LogP contribution in [0.25, 0.3) is 0 Å². The minimum Gasteiger partial charge on any atom is -0.462 e. The van der Waals surface area contributed by atoms with Crippen LogP contribution < -0.4 is 5.32 Å². The summed E-state index contributed by atoms with van der Waals surface area (Å²) in [5.74, 6) is -2.59. The van der Waals surface area contributed by atoms with Crippen LogP contribution in [-0.4, -0.2) is 37.0 Å². The molecule has 1 aromatic carbocycles. The Labute approximate surface area is 171 Å². The van der Waals surface area contributed by atoms with E-state index in [1.54, 1.807) is 0 Å². The predicted molar refractivity (Wildman–Crippen MR) is 107 cm³/mol. The van der Waals surface area contributed by atoms with Crippen molar-refractivity contribution in [2.24, 2.45) is 0 Å². The third-order valence-corrected chi connectivity index (χ3v) is 4.78. The molecule has 0 bridgehead atoms. The molecule has 1 aliphatic heterocycles. The minimum atomic E-state index is -0.700. The number of amides is 2. The molecule has 1 heterocycles. The molecule has 1 aliphatic rings. The van der Waals surface area contributed by atoms with Crippen LogP contribution in [0.3, 0.4) is 0 Å². The van der Waals surface area contributed by atoms with Gasteiger partial charge in [0, 0.05) is 0 Å². The zero-order valence-electron chi connectivity index (χ0n) is 17.2. The Kier molecular flexibility index (Phi) is 8.83. The van der Waals surface area contributed by atoms with Crippen LogP contribution >= 0.6 is 0 Å². The highest BCUT2D eigenvalue weighted by molar-refractivity contribution is 6.23. The summed E-state index contributed by atoms with van der Waals surface area (Å²) in [5.41, 5.74) is 0.0187. The van der Waals surface area contributed by atoms with E-state index in [2.05, 4.69) is 19.2 Å². The lowest BCUT2D eigenvalue weighted by Gasteiger charge is -2.11. The van der Waals surface area contributed by atoms with Crippen molar-refractivity contribution in [1.82, 2.24) is 5.32 Å². The van der Waals surface area contributed by atoms with E-state index < -0.39 is 23.8 Å². The summed E-state index contributed by atoms with van der Waals surface area (Å²) in [6, 6.07) is 2.50. The molecule has 0 unspecified atom stereocenters. The molecule has 2 amide bonds. The van der Waals surface area contributed by atoms with Crippen molar-refractivity contribution in [1.29, 1.82) is 0 Å². The third kappa shape index (κ3) is 6.14. The van der Waals surface area contributed by atoms with E-state index in [-0.39, 0.29) is 35.5 Å². The van der Waals surface area contributed by atoms with Crippen LogP contribution in [0.5, 0.6) is 0 Å². The Morgan fingerprint density at radius 1 is 0.724 bits per heavy atom. The molecule has 0 atom stereocenters. The summed E-state index contributed by atoms with van der Waals surface area (Å²) >= 11 is 0. The molecule has 0 aromatic heterocycles. The van der Waals surface area contributed by atoms with Gasteiger partial charge >= 0.3 is 11.9 Å². The molecule has 29 heavy (non-hydrogen) atoms. The average molecular weight is 403 g/mol. The van der Waals surface area contributed by atoms with Crippen molar-refractivity contribution in [3.63, 3.8) is 0 Å². The van der Waals surface area contributed by atoms with E-state index in [4.69, 9.17) is 9.47 Å². The zero-order chi connectivity index (χ0) is 21.2. The zero-order valence-corrected chi connectivity index (χ0v) is 17.2. The van der Waals surface area contributed by atoms with Gasteiger partial charge in [0.25, 0.3) is 11.8 Å². The van der Waals surface area contributed by atoms with Gasteiger partial charge in [-0.1, -0.05) is 52.4 Å². The van der Waals surface area contributed by atoms with E-state index in [0.717, 1.165) is 51.4 Å². The van der Waals surface area contributed by atoms with Gasteiger partial charge in [-0.3, -0.25) is 14.9 Å². The highest BCUT2D eigenvalue weighted by atomic mass is 16.5. The van der Waals surface area contributed by atoms with Crippen LogP contribution in [-0.2, 0) is 9.47 Å². The van der Waals surface area contributed by atoms with Crippen LogP contribution in [0.1, 0.15) is 107 Å². The summed E-state index contributed by atoms with van der Waals surface area (Å²) in [6.07, 6.45) is 7.56. The maximum absolute atomic E-state index is 12.6. The lowest BCUT2D eigenvalue weighted by molar-refractivity contribution is 0.0450. The summed E-state index contributed by atoms with van der Waals surface area (Å²) in [6.45, 7) is 4.63. The maximum Gasteiger partial charge on any atom is 0.339 e. The number of rotatable bonds is 12. The first-order chi connectivity index (χ1) is 14.0. The summed E-state index contributed by atoms with van der Waals surface area (Å²) in [7, 11) is 0. The Hall–Kier alpha value is -2.70. The number of fused-ring (bicyclic) bond motifs is 1. The number of esters is 2. The predicted octanol–water partition coefficient (Wildman–Crippen LogP) is 4.04. The molecule has 0 saturated heterocycles. The van der Waals surface area contributed by atoms with Crippen molar-refractivity contribution in [3.05, 3.63) is 34.4 Å². The van der Waals surface area contributed by atoms with Gasteiger partial charge in [0.05, 0.1) is 35.5 Å². The van der Waals surface area contributed by atoms with Crippen LogP contribution in [0.2, 0.25) is 0 Å². The lowest BCUT2D eigenvalue weighted by atomic mass is 9.99. The van der Waals surface area contributed by atoms with Gasteiger partial charge in [-0.15, -0.1) is 0 Å². The number of carbonyl (C=O) groups is 4. The Morgan fingerprint density at radius 3 is 1.52 bits per heavy atom. The molecule has 7 heteroatoms. The summed E-state index contributed by atoms with van der Waals surface area (Å²) in [4.78, 5) is 49.0. The fraction of sp³-hybridized carbons (Fsp3) is 0.545. The Bertz CT molecular complexity index is 708. The SMILES string of the molecule is CCCCCCOC(=O)c1cc2c(cc1C(=O)OCCCCCC)C(=O)NC2=O. The number of unbranched alkanes of at least 4 members (excludes halogenated alkanes) is 6. The third-order valence-electron chi connectivity index (χ3n) is 4.78. The van der Waals surface area contributed by atoms with E-state index in [9.17, 15) is 19.2 Å². The van der Waals surface area contributed by atoms with Gasteiger partial charge in [-0.2, -0.15) is 0 Å². The fourth-order valence-corrected chi connectivity index (χ4v) is 3.09. The number of hydrogen-bond donors (Lipinski definition) is 1. The Morgan fingerprint density at radius 2 is 1.14 bits per heavy atom. The second-order valence-corrected chi connectivity index (χ2v) is 7.12. The average Bonchev–Trinajstić information content (AvgIpc) is 2.99. The molecule has 0 aliphatic carbocycles. The summed E-state index contributed by atoms with van der Waals surface area (Å²) in [5, 5.41) is 2.17. The first-order valence-corrected chi connectivity index (χ1v) is 10.4. The largest absolute Gasteiger partial charge is 0.462 e. The highest BCUT2D eigenvalue weighted by Crippen LogP contribution is 2.23. The van der Waals surface area contributed by atoms with E-state index >= 15 is 0 Å². The monoisotopic (exact) mass is 403 g/mol. The van der Waals surface area contributed by atoms with Gasteiger partial charge in [0.1, 0.15) is 0 Å². The second-order valence-electron chi connectivity index (χ2n) is 7.12. The van der Waals surface area contributed by atoms with E-state index in [0.29, 0.717) is 0 Å².